The summed E-state index contributed by atoms with van der Waals surface area (Å²) in [5.41, 5.74) is 0.792. The molecule has 1 N–H and O–H groups in total. The summed E-state index contributed by atoms with van der Waals surface area (Å²) in [6.07, 6.45) is 0.606. The zero-order valence-corrected chi connectivity index (χ0v) is 37.4. The lowest BCUT2D eigenvalue weighted by molar-refractivity contribution is -0.137. The molecule has 65 heavy (non-hydrogen) atoms. The first kappa shape index (κ1) is 52.0. The molecule has 0 spiro atoms. The van der Waals surface area contributed by atoms with Crippen LogP contribution in [0.5, 0.6) is 51.7 Å². The average molecular weight is 909 g/mol. The minimum atomic E-state index is -1.33. The van der Waals surface area contributed by atoms with E-state index in [0.29, 0.717) is 29.7 Å². The van der Waals surface area contributed by atoms with Gasteiger partial charge in [-0.2, -0.15) is 0 Å². The smallest absolute Gasteiger partial charge is 0.335 e. The van der Waals surface area contributed by atoms with Crippen molar-refractivity contribution in [3.63, 3.8) is 0 Å². The number of esters is 8. The van der Waals surface area contributed by atoms with Crippen molar-refractivity contribution in [2.45, 2.75) is 126 Å². The molecule has 0 aliphatic carbocycles. The highest BCUT2D eigenvalue weighted by Crippen LogP contribution is 2.47. The molecule has 0 fully saturated rings. The van der Waals surface area contributed by atoms with Crippen molar-refractivity contribution in [1.82, 2.24) is 0 Å². The van der Waals surface area contributed by atoms with Crippen LogP contribution >= 0.6 is 0 Å². The molecule has 3 aromatic carbocycles. The molecule has 19 nitrogen and oxygen atoms in total. The Bertz CT molecular complexity index is 2210. The van der Waals surface area contributed by atoms with Gasteiger partial charge in [0.1, 0.15) is 23.4 Å². The highest BCUT2D eigenvalue weighted by Gasteiger charge is 2.30. The van der Waals surface area contributed by atoms with Crippen LogP contribution in [-0.4, -0.2) is 58.8 Å². The molecule has 1 heterocycles. The molecule has 1 aliphatic rings. The maximum absolute atomic E-state index is 12.2. The Morgan fingerprint density at radius 3 is 1.17 bits per heavy atom. The van der Waals surface area contributed by atoms with Crippen LogP contribution < -0.4 is 42.6 Å². The molecule has 1 aliphatic heterocycles. The van der Waals surface area contributed by atoms with Crippen LogP contribution in [0.2, 0.25) is 0 Å². The summed E-state index contributed by atoms with van der Waals surface area (Å²) < 4.78 is 48.6. The number of aromatic carboxylic acids is 1. The number of fused-ring (bicyclic) bond motifs is 1. The molecule has 350 valence electrons. The van der Waals surface area contributed by atoms with Crippen molar-refractivity contribution in [2.75, 3.05) is 0 Å². The third kappa shape index (κ3) is 15.2. The van der Waals surface area contributed by atoms with E-state index in [1.807, 2.05) is 0 Å². The number of carboxylic acid groups (broad SMARTS) is 1. The molecule has 1 atom stereocenters. The number of carbonyl (C=O) groups is 9. The third-order valence-electron chi connectivity index (χ3n) is 8.84. The zero-order chi connectivity index (χ0) is 48.4. The predicted octanol–water partition coefficient (Wildman–Crippen LogP) is 7.66. The SMILES string of the molecule is CCC(=O)Oc1cc(C(=O)O)cc(OC(=O)CC)c1OC(=O)CC.CCC(=O)Oc1cc(OC(=O)CC)c2c(c1)O[C@H](c1cc(OC(=O)CC)c(OC(=O)CC)c(OC(=O)CC)c1)CC2. The number of carboxylic acids is 1. The fraction of sp³-hybridized carbons (Fsp3) is 0.413. The molecule has 0 amide bonds. The first-order valence-corrected chi connectivity index (χ1v) is 21.0. The predicted molar refractivity (Wildman–Crippen MR) is 225 cm³/mol. The van der Waals surface area contributed by atoms with Gasteiger partial charge >= 0.3 is 53.7 Å². The Kier molecular flexibility index (Phi) is 20.1. The van der Waals surface area contributed by atoms with E-state index < -0.39 is 59.8 Å². The fourth-order valence-corrected chi connectivity index (χ4v) is 5.36. The Balaban J connectivity index is 0.000000398. The molecule has 0 radical (unpaired) electrons. The molecule has 3 aromatic rings. The van der Waals surface area contributed by atoms with Crippen LogP contribution in [0, 0.1) is 0 Å². The van der Waals surface area contributed by atoms with Crippen molar-refractivity contribution in [2.24, 2.45) is 0 Å². The van der Waals surface area contributed by atoms with E-state index in [4.69, 9.17) is 47.7 Å². The summed E-state index contributed by atoms with van der Waals surface area (Å²) in [4.78, 5) is 107. The maximum atomic E-state index is 12.2. The normalized spacial score (nSPS) is 12.3. The second kappa shape index (κ2) is 25.1. The number of ether oxygens (including phenoxy) is 9. The van der Waals surface area contributed by atoms with Crippen molar-refractivity contribution in [1.29, 1.82) is 0 Å². The number of hydrogen-bond acceptors (Lipinski definition) is 18. The van der Waals surface area contributed by atoms with Crippen LogP contribution in [0.25, 0.3) is 0 Å². The van der Waals surface area contributed by atoms with Gasteiger partial charge in [-0.15, -0.1) is 0 Å². The number of carbonyl (C=O) groups excluding carboxylic acids is 8. The minimum absolute atomic E-state index is 0.0164. The van der Waals surface area contributed by atoms with Gasteiger partial charge < -0.3 is 47.7 Å². The molecule has 19 heteroatoms. The summed E-state index contributed by atoms with van der Waals surface area (Å²) in [6.45, 7) is 12.7. The number of rotatable bonds is 18. The summed E-state index contributed by atoms with van der Waals surface area (Å²) in [5, 5.41) is 9.15. The molecule has 0 bridgehead atoms. The lowest BCUT2D eigenvalue weighted by Gasteiger charge is -2.29. The molecule has 0 saturated heterocycles. The zero-order valence-electron chi connectivity index (χ0n) is 37.4. The molecule has 4 rings (SSSR count). The second-order valence-corrected chi connectivity index (χ2v) is 13.6. The van der Waals surface area contributed by atoms with Gasteiger partial charge in [-0.05, 0) is 37.1 Å². The first-order chi connectivity index (χ1) is 30.9. The number of benzene rings is 3. The van der Waals surface area contributed by atoms with Gasteiger partial charge in [0, 0.05) is 74.6 Å². The van der Waals surface area contributed by atoms with Crippen LogP contribution in [-0.2, 0) is 44.8 Å². The van der Waals surface area contributed by atoms with E-state index in [1.165, 1.54) is 24.3 Å². The van der Waals surface area contributed by atoms with Crippen molar-refractivity contribution < 1.29 is 90.9 Å². The molecule has 0 saturated carbocycles. The van der Waals surface area contributed by atoms with Crippen LogP contribution in [0.4, 0.5) is 0 Å². The van der Waals surface area contributed by atoms with Gasteiger partial charge in [-0.1, -0.05) is 55.4 Å². The van der Waals surface area contributed by atoms with Crippen LogP contribution in [0.1, 0.15) is 141 Å². The summed E-state index contributed by atoms with van der Waals surface area (Å²) in [7, 11) is 0. The Morgan fingerprint density at radius 2 is 0.800 bits per heavy atom. The van der Waals surface area contributed by atoms with Gasteiger partial charge in [0.2, 0.25) is 11.5 Å². The molecule has 0 unspecified atom stereocenters. The van der Waals surface area contributed by atoms with E-state index in [0.717, 1.165) is 12.1 Å². The van der Waals surface area contributed by atoms with Gasteiger partial charge in [0.25, 0.3) is 0 Å². The number of hydrogen-bond donors (Lipinski definition) is 1. The molecular formula is C46H52O19. The lowest BCUT2D eigenvalue weighted by Crippen LogP contribution is -2.19. The van der Waals surface area contributed by atoms with E-state index in [-0.39, 0.29) is 103 Å². The maximum Gasteiger partial charge on any atom is 0.335 e. The Hall–Kier alpha value is -7.31. The van der Waals surface area contributed by atoms with Crippen molar-refractivity contribution >= 4 is 53.7 Å². The van der Waals surface area contributed by atoms with E-state index in [2.05, 4.69) is 0 Å². The fourth-order valence-electron chi connectivity index (χ4n) is 5.36. The Labute approximate surface area is 374 Å². The van der Waals surface area contributed by atoms with Gasteiger partial charge in [-0.25, -0.2) is 4.79 Å². The minimum Gasteiger partial charge on any atom is -0.485 e. The highest BCUT2D eigenvalue weighted by atomic mass is 16.6. The van der Waals surface area contributed by atoms with Gasteiger partial charge in [0.05, 0.1) is 5.56 Å². The van der Waals surface area contributed by atoms with Crippen molar-refractivity contribution in [3.05, 3.63) is 53.1 Å². The summed E-state index contributed by atoms with van der Waals surface area (Å²) in [6, 6.07) is 8.04. The van der Waals surface area contributed by atoms with E-state index in [9.17, 15) is 43.2 Å². The summed E-state index contributed by atoms with van der Waals surface area (Å²) >= 11 is 0. The topological polar surface area (TPSA) is 257 Å². The van der Waals surface area contributed by atoms with Gasteiger partial charge in [0.15, 0.2) is 23.0 Å². The van der Waals surface area contributed by atoms with Crippen molar-refractivity contribution in [3.8, 4) is 51.7 Å². The van der Waals surface area contributed by atoms with E-state index >= 15 is 0 Å². The second-order valence-electron chi connectivity index (χ2n) is 13.6. The lowest BCUT2D eigenvalue weighted by atomic mass is 9.96. The summed E-state index contributed by atoms with van der Waals surface area (Å²) in [5.74, 6) is -6.70. The molecular weight excluding hydrogens is 856 g/mol. The van der Waals surface area contributed by atoms with Crippen LogP contribution in [0.15, 0.2) is 36.4 Å². The third-order valence-corrected chi connectivity index (χ3v) is 8.84. The van der Waals surface area contributed by atoms with Gasteiger partial charge in [-0.3, -0.25) is 38.4 Å². The highest BCUT2D eigenvalue weighted by molar-refractivity contribution is 5.91. The average Bonchev–Trinajstić information content (AvgIpc) is 3.29. The largest absolute Gasteiger partial charge is 0.485 e. The standard InChI is InChI=1S/C30H34O11.C16H18O8/c1-6-25(31)36-18-15-21-19(22(16-18)38-26(32)7-2)11-12-20(37-21)17-13-23(39-27(33)8-3)30(41-29(35)10-5)24(14-17)40-28(34)9-4;1-4-12(17)22-10-7-9(16(20)21)8-11(23-13(18)5-2)15(10)24-14(19)6-3/h13-16,20H,6-12H2,1-5H3;7-8H,4-6H2,1-3H3,(H,20,21)/t20-;/m0./s1. The quantitative estimate of drug-likeness (QED) is 0.0948. The van der Waals surface area contributed by atoms with Crippen LogP contribution in [0.3, 0.4) is 0 Å². The monoisotopic (exact) mass is 908 g/mol. The molecule has 0 aromatic heterocycles. The van der Waals surface area contributed by atoms with E-state index in [1.54, 1.807) is 55.4 Å². The Morgan fingerprint density at radius 1 is 0.462 bits per heavy atom. The first-order valence-electron chi connectivity index (χ1n) is 21.0.